The second-order valence-corrected chi connectivity index (χ2v) is 5.95. The van der Waals surface area contributed by atoms with Crippen LogP contribution in [-0.4, -0.2) is 24.9 Å². The van der Waals surface area contributed by atoms with E-state index in [0.717, 1.165) is 17.9 Å². The van der Waals surface area contributed by atoms with Crippen LogP contribution in [0, 0.1) is 0 Å². The van der Waals surface area contributed by atoms with Gasteiger partial charge in [0.1, 0.15) is 5.25 Å². The normalized spacial score (nSPS) is 13.9. The Labute approximate surface area is 120 Å². The number of carbonyl (C=O) groups excluding carboxylic acids is 1. The molecule has 0 aromatic heterocycles. The summed E-state index contributed by atoms with van der Waals surface area (Å²) in [6, 6.07) is 8.64. The molecule has 1 rings (SSSR count). The highest BCUT2D eigenvalue weighted by molar-refractivity contribution is 8.00. The SMILES string of the molecule is CCCNC(C)c1cccc(SC(C)C(=O)OC)c1. The van der Waals surface area contributed by atoms with Gasteiger partial charge in [0.05, 0.1) is 7.11 Å². The maximum absolute atomic E-state index is 11.4. The van der Waals surface area contributed by atoms with Crippen molar-refractivity contribution in [1.29, 1.82) is 0 Å². The molecule has 0 heterocycles. The number of thioether (sulfide) groups is 1. The van der Waals surface area contributed by atoms with E-state index in [1.54, 1.807) is 0 Å². The lowest BCUT2D eigenvalue weighted by molar-refractivity contribution is -0.139. The lowest BCUT2D eigenvalue weighted by atomic mass is 10.1. The zero-order valence-electron chi connectivity index (χ0n) is 12.1. The van der Waals surface area contributed by atoms with Crippen LogP contribution in [0.4, 0.5) is 0 Å². The Morgan fingerprint density at radius 1 is 1.42 bits per heavy atom. The van der Waals surface area contributed by atoms with E-state index in [4.69, 9.17) is 4.74 Å². The number of hydrogen-bond acceptors (Lipinski definition) is 4. The molecule has 3 nitrogen and oxygen atoms in total. The van der Waals surface area contributed by atoms with Gasteiger partial charge in [-0.2, -0.15) is 0 Å². The molecule has 4 heteroatoms. The van der Waals surface area contributed by atoms with Gasteiger partial charge >= 0.3 is 5.97 Å². The van der Waals surface area contributed by atoms with Crippen molar-refractivity contribution >= 4 is 17.7 Å². The van der Waals surface area contributed by atoms with Crippen LogP contribution < -0.4 is 5.32 Å². The lowest BCUT2D eigenvalue weighted by Crippen LogP contribution is -2.19. The third kappa shape index (κ3) is 5.25. The Kier molecular flexibility index (Phi) is 6.95. The molecule has 2 atom stereocenters. The van der Waals surface area contributed by atoms with Gasteiger partial charge in [0.2, 0.25) is 0 Å². The van der Waals surface area contributed by atoms with E-state index >= 15 is 0 Å². The molecule has 0 amide bonds. The first-order valence-electron chi connectivity index (χ1n) is 6.66. The monoisotopic (exact) mass is 281 g/mol. The first kappa shape index (κ1) is 16.1. The topological polar surface area (TPSA) is 38.3 Å². The summed E-state index contributed by atoms with van der Waals surface area (Å²) < 4.78 is 4.74. The van der Waals surface area contributed by atoms with Crippen molar-refractivity contribution in [3.63, 3.8) is 0 Å². The predicted octanol–water partition coefficient (Wildman–Crippen LogP) is 3.40. The number of rotatable bonds is 7. The number of hydrogen-bond donors (Lipinski definition) is 1. The Hall–Kier alpha value is -1.00. The predicted molar refractivity (Wildman–Crippen MR) is 80.5 cm³/mol. The molecule has 0 saturated heterocycles. The van der Waals surface area contributed by atoms with Gasteiger partial charge in [0.15, 0.2) is 0 Å². The van der Waals surface area contributed by atoms with Crippen molar-refractivity contribution in [2.45, 2.75) is 43.4 Å². The van der Waals surface area contributed by atoms with E-state index in [0.29, 0.717) is 6.04 Å². The smallest absolute Gasteiger partial charge is 0.318 e. The molecule has 1 N–H and O–H groups in total. The summed E-state index contributed by atoms with van der Waals surface area (Å²) in [5, 5.41) is 3.28. The van der Waals surface area contributed by atoms with Gasteiger partial charge in [-0.3, -0.25) is 4.79 Å². The van der Waals surface area contributed by atoms with E-state index < -0.39 is 0 Å². The van der Waals surface area contributed by atoms with Crippen LogP contribution in [0.3, 0.4) is 0 Å². The van der Waals surface area contributed by atoms with Gasteiger partial charge in [-0.1, -0.05) is 19.1 Å². The van der Waals surface area contributed by atoms with Crippen LogP contribution in [0.2, 0.25) is 0 Å². The minimum Gasteiger partial charge on any atom is -0.468 e. The van der Waals surface area contributed by atoms with Crippen molar-refractivity contribution in [3.05, 3.63) is 29.8 Å². The van der Waals surface area contributed by atoms with Gasteiger partial charge in [-0.15, -0.1) is 11.8 Å². The molecule has 1 aromatic carbocycles. The van der Waals surface area contributed by atoms with Gasteiger partial charge in [0, 0.05) is 10.9 Å². The summed E-state index contributed by atoms with van der Waals surface area (Å²) in [6.07, 6.45) is 1.12. The van der Waals surface area contributed by atoms with Crippen molar-refractivity contribution in [2.75, 3.05) is 13.7 Å². The van der Waals surface area contributed by atoms with Crippen molar-refractivity contribution in [1.82, 2.24) is 5.32 Å². The molecule has 106 valence electrons. The molecule has 19 heavy (non-hydrogen) atoms. The average Bonchev–Trinajstić information content (AvgIpc) is 2.43. The van der Waals surface area contributed by atoms with Crippen molar-refractivity contribution in [2.24, 2.45) is 0 Å². The third-order valence-corrected chi connectivity index (χ3v) is 3.98. The summed E-state index contributed by atoms with van der Waals surface area (Å²) in [5.74, 6) is -0.187. The van der Waals surface area contributed by atoms with Crippen LogP contribution in [-0.2, 0) is 9.53 Å². The number of carbonyl (C=O) groups is 1. The molecule has 0 fully saturated rings. The minimum absolute atomic E-state index is 0.181. The molecule has 0 aliphatic heterocycles. The standard InChI is InChI=1S/C15H23NO2S/c1-5-9-16-11(2)13-7-6-8-14(10-13)19-12(3)15(17)18-4/h6-8,10-12,16H,5,9H2,1-4H3. The maximum atomic E-state index is 11.4. The van der Waals surface area contributed by atoms with E-state index in [1.165, 1.54) is 24.4 Å². The molecular formula is C15H23NO2S. The van der Waals surface area contributed by atoms with Crippen LogP contribution in [0.15, 0.2) is 29.2 Å². The number of methoxy groups -OCH3 is 1. The zero-order valence-corrected chi connectivity index (χ0v) is 12.9. The molecule has 0 saturated carbocycles. The van der Waals surface area contributed by atoms with Crippen LogP contribution in [0.1, 0.15) is 38.8 Å². The summed E-state index contributed by atoms with van der Waals surface area (Å²) in [7, 11) is 1.42. The van der Waals surface area contributed by atoms with Crippen molar-refractivity contribution in [3.8, 4) is 0 Å². The van der Waals surface area contributed by atoms with Crippen LogP contribution in [0.5, 0.6) is 0 Å². The van der Waals surface area contributed by atoms with Gasteiger partial charge in [-0.05, 0) is 44.5 Å². The fraction of sp³-hybridized carbons (Fsp3) is 0.533. The number of ether oxygens (including phenoxy) is 1. The molecule has 1 aromatic rings. The molecule has 0 spiro atoms. The Morgan fingerprint density at radius 2 is 2.16 bits per heavy atom. The highest BCUT2D eigenvalue weighted by Crippen LogP contribution is 2.26. The largest absolute Gasteiger partial charge is 0.468 e. The Morgan fingerprint density at radius 3 is 2.79 bits per heavy atom. The summed E-state index contributed by atoms with van der Waals surface area (Å²) in [4.78, 5) is 12.5. The molecule has 0 bridgehead atoms. The summed E-state index contributed by atoms with van der Waals surface area (Å²) in [6.45, 7) is 7.19. The van der Waals surface area contributed by atoms with Gasteiger partial charge < -0.3 is 10.1 Å². The Bertz CT molecular complexity index is 409. The minimum atomic E-state index is -0.187. The quantitative estimate of drug-likeness (QED) is 0.614. The molecule has 2 unspecified atom stereocenters. The molecule has 0 aliphatic rings. The first-order valence-corrected chi connectivity index (χ1v) is 7.54. The summed E-state index contributed by atoms with van der Waals surface area (Å²) in [5.41, 5.74) is 1.25. The zero-order chi connectivity index (χ0) is 14.3. The van der Waals surface area contributed by atoms with E-state index in [1.807, 2.05) is 19.1 Å². The molecular weight excluding hydrogens is 258 g/mol. The average molecular weight is 281 g/mol. The fourth-order valence-corrected chi connectivity index (χ4v) is 2.72. The number of nitrogens with one attached hydrogen (secondary N) is 1. The second-order valence-electron chi connectivity index (χ2n) is 4.53. The van der Waals surface area contributed by atoms with Crippen molar-refractivity contribution < 1.29 is 9.53 Å². The Balaban J connectivity index is 2.68. The van der Waals surface area contributed by atoms with Crippen LogP contribution in [0.25, 0.3) is 0 Å². The first-order chi connectivity index (χ1) is 9.08. The van der Waals surface area contributed by atoms with Gasteiger partial charge in [0.25, 0.3) is 0 Å². The fourth-order valence-electron chi connectivity index (χ4n) is 1.75. The maximum Gasteiger partial charge on any atom is 0.318 e. The van der Waals surface area contributed by atoms with E-state index in [-0.39, 0.29) is 11.2 Å². The number of benzene rings is 1. The second kappa shape index (κ2) is 8.23. The van der Waals surface area contributed by atoms with Crippen LogP contribution >= 0.6 is 11.8 Å². The van der Waals surface area contributed by atoms with E-state index in [9.17, 15) is 4.79 Å². The summed E-state index contributed by atoms with van der Waals surface area (Å²) >= 11 is 1.53. The third-order valence-electron chi connectivity index (χ3n) is 2.90. The highest BCUT2D eigenvalue weighted by atomic mass is 32.2. The van der Waals surface area contributed by atoms with Gasteiger partial charge in [-0.25, -0.2) is 0 Å². The molecule has 0 aliphatic carbocycles. The lowest BCUT2D eigenvalue weighted by Gasteiger charge is -2.15. The number of esters is 1. The van der Waals surface area contributed by atoms with E-state index in [2.05, 4.69) is 31.3 Å². The molecule has 0 radical (unpaired) electrons. The highest BCUT2D eigenvalue weighted by Gasteiger charge is 2.15.